The van der Waals surface area contributed by atoms with E-state index in [0.29, 0.717) is 6.04 Å². The zero-order chi connectivity index (χ0) is 12.7. The maximum atomic E-state index is 4.32. The van der Waals surface area contributed by atoms with Crippen LogP contribution in [0, 0.1) is 0 Å². The fourth-order valence-corrected chi connectivity index (χ4v) is 2.75. The third-order valence-electron chi connectivity index (χ3n) is 3.93. The summed E-state index contributed by atoms with van der Waals surface area (Å²) >= 11 is 0. The van der Waals surface area contributed by atoms with E-state index in [1.54, 1.807) is 0 Å². The zero-order valence-corrected chi connectivity index (χ0v) is 10.7. The smallest absolute Gasteiger partial charge is 0.0605 e. The molecule has 19 heavy (non-hydrogen) atoms. The van der Waals surface area contributed by atoms with Gasteiger partial charge in [-0.05, 0) is 41.2 Å². The van der Waals surface area contributed by atoms with Crippen LogP contribution in [0.15, 0.2) is 42.7 Å². The Hall–Kier alpha value is -1.93. The molecule has 0 bridgehead atoms. The molecule has 0 radical (unpaired) electrons. The molecule has 2 heteroatoms. The number of pyridine rings is 1. The average Bonchev–Trinajstić information content (AvgIpc) is 3.28. The van der Waals surface area contributed by atoms with Crippen molar-refractivity contribution < 1.29 is 0 Å². The van der Waals surface area contributed by atoms with Gasteiger partial charge in [0.05, 0.1) is 6.04 Å². The predicted octanol–water partition coefficient (Wildman–Crippen LogP) is 3.41. The van der Waals surface area contributed by atoms with Crippen LogP contribution in [0.5, 0.6) is 0 Å². The molecule has 1 saturated carbocycles. The van der Waals surface area contributed by atoms with Crippen molar-refractivity contribution in [2.75, 3.05) is 0 Å². The van der Waals surface area contributed by atoms with Crippen molar-refractivity contribution in [1.82, 2.24) is 10.3 Å². The van der Waals surface area contributed by atoms with Gasteiger partial charge in [-0.3, -0.25) is 4.98 Å². The quantitative estimate of drug-likeness (QED) is 0.881. The fraction of sp³-hybridized carbons (Fsp3) is 0.235. The van der Waals surface area contributed by atoms with Gasteiger partial charge in [0.1, 0.15) is 0 Å². The Morgan fingerprint density at radius 1 is 0.947 bits per heavy atom. The van der Waals surface area contributed by atoms with Gasteiger partial charge < -0.3 is 5.32 Å². The van der Waals surface area contributed by atoms with E-state index >= 15 is 0 Å². The van der Waals surface area contributed by atoms with E-state index in [4.69, 9.17) is 0 Å². The summed E-state index contributed by atoms with van der Waals surface area (Å²) in [4.78, 5) is 4.32. The van der Waals surface area contributed by atoms with Crippen LogP contribution in [0.25, 0.3) is 12.2 Å². The van der Waals surface area contributed by atoms with Crippen molar-refractivity contribution in [2.45, 2.75) is 24.9 Å². The van der Waals surface area contributed by atoms with Crippen molar-refractivity contribution in [1.29, 1.82) is 0 Å². The van der Waals surface area contributed by atoms with Crippen molar-refractivity contribution >= 4 is 12.2 Å². The lowest BCUT2D eigenvalue weighted by Crippen LogP contribution is -2.25. The lowest BCUT2D eigenvalue weighted by atomic mass is 9.95. The number of hydrogen-bond donors (Lipinski definition) is 1. The molecule has 1 unspecified atom stereocenters. The number of nitrogens with zero attached hydrogens (tertiary/aromatic N) is 1. The summed E-state index contributed by atoms with van der Waals surface area (Å²) < 4.78 is 0. The molecule has 1 fully saturated rings. The number of aromatic nitrogens is 1. The molecule has 0 saturated heterocycles. The Morgan fingerprint density at radius 3 is 2.58 bits per heavy atom. The molecule has 1 aromatic carbocycles. The summed E-state index contributed by atoms with van der Waals surface area (Å²) in [7, 11) is 0. The summed E-state index contributed by atoms with van der Waals surface area (Å²) in [5.74, 6) is 0. The Morgan fingerprint density at radius 2 is 1.74 bits per heavy atom. The molecule has 94 valence electrons. The van der Waals surface area contributed by atoms with E-state index in [0.717, 1.165) is 0 Å². The second-order valence-electron chi connectivity index (χ2n) is 5.34. The molecule has 2 nitrogen and oxygen atoms in total. The van der Waals surface area contributed by atoms with E-state index in [2.05, 4.69) is 52.8 Å². The Bertz CT molecular complexity index is 592. The number of benzene rings is 1. The highest BCUT2D eigenvalue weighted by atomic mass is 15.0. The molecular formula is C17H16N2. The lowest BCUT2D eigenvalue weighted by Gasteiger charge is -2.21. The van der Waals surface area contributed by atoms with Gasteiger partial charge in [-0.2, -0.15) is 0 Å². The Kier molecular flexibility index (Phi) is 2.49. The largest absolute Gasteiger partial charge is 0.303 e. The standard InChI is InChI=1S/C17H16N2/c1-2-4-15-12(3-1)5-6-13-9-10-18-11-16(13)17(15)19-14-7-8-14/h1-6,9-11,14,17,19H,7-8H2. The molecule has 2 aliphatic rings. The highest BCUT2D eigenvalue weighted by Crippen LogP contribution is 2.35. The van der Waals surface area contributed by atoms with E-state index < -0.39 is 0 Å². The summed E-state index contributed by atoms with van der Waals surface area (Å²) in [6.45, 7) is 0. The number of hydrogen-bond acceptors (Lipinski definition) is 2. The van der Waals surface area contributed by atoms with E-state index in [1.807, 2.05) is 12.4 Å². The van der Waals surface area contributed by atoms with Crippen molar-refractivity contribution in [2.24, 2.45) is 0 Å². The molecule has 1 aromatic heterocycles. The summed E-state index contributed by atoms with van der Waals surface area (Å²) in [6.07, 6.45) is 10.9. The number of rotatable bonds is 2. The fourth-order valence-electron chi connectivity index (χ4n) is 2.75. The second kappa shape index (κ2) is 4.32. The SMILES string of the molecule is C1=Cc2ccncc2C(NC2CC2)c2ccccc21. The van der Waals surface area contributed by atoms with Gasteiger partial charge >= 0.3 is 0 Å². The first-order chi connectivity index (χ1) is 9.42. The van der Waals surface area contributed by atoms with Crippen LogP contribution in [0.2, 0.25) is 0 Å². The average molecular weight is 248 g/mol. The summed E-state index contributed by atoms with van der Waals surface area (Å²) in [5, 5.41) is 3.77. The van der Waals surface area contributed by atoms with E-state index in [-0.39, 0.29) is 6.04 Å². The Labute approximate surface area is 113 Å². The molecule has 1 atom stereocenters. The summed E-state index contributed by atoms with van der Waals surface area (Å²) in [6, 6.07) is 11.7. The minimum atomic E-state index is 0.266. The van der Waals surface area contributed by atoms with Crippen LogP contribution in [0.4, 0.5) is 0 Å². The number of fused-ring (bicyclic) bond motifs is 2. The van der Waals surface area contributed by atoms with Crippen LogP contribution in [-0.2, 0) is 0 Å². The highest BCUT2D eigenvalue weighted by Gasteiger charge is 2.28. The van der Waals surface area contributed by atoms with Crippen molar-refractivity contribution in [3.8, 4) is 0 Å². The third-order valence-corrected chi connectivity index (χ3v) is 3.93. The molecule has 1 heterocycles. The maximum Gasteiger partial charge on any atom is 0.0605 e. The third kappa shape index (κ3) is 1.98. The molecule has 0 aliphatic heterocycles. The first kappa shape index (κ1) is 10.9. The maximum absolute atomic E-state index is 4.32. The van der Waals surface area contributed by atoms with E-state index in [9.17, 15) is 0 Å². The van der Waals surface area contributed by atoms with Crippen molar-refractivity contribution in [3.63, 3.8) is 0 Å². The Balaban J connectivity index is 1.88. The highest BCUT2D eigenvalue weighted by molar-refractivity contribution is 5.76. The van der Waals surface area contributed by atoms with Crippen LogP contribution < -0.4 is 5.32 Å². The molecule has 1 N–H and O–H groups in total. The monoisotopic (exact) mass is 248 g/mol. The van der Waals surface area contributed by atoms with Crippen LogP contribution in [0.1, 0.15) is 41.1 Å². The van der Waals surface area contributed by atoms with Gasteiger partial charge in [0.25, 0.3) is 0 Å². The van der Waals surface area contributed by atoms with Gasteiger partial charge in [0.2, 0.25) is 0 Å². The minimum absolute atomic E-state index is 0.266. The lowest BCUT2D eigenvalue weighted by molar-refractivity contribution is 0.598. The first-order valence-electron chi connectivity index (χ1n) is 6.89. The first-order valence-corrected chi connectivity index (χ1v) is 6.89. The van der Waals surface area contributed by atoms with Crippen molar-refractivity contribution in [3.05, 3.63) is 65.0 Å². The van der Waals surface area contributed by atoms with E-state index in [1.165, 1.54) is 35.1 Å². The minimum Gasteiger partial charge on any atom is -0.303 e. The normalized spacial score (nSPS) is 20.5. The van der Waals surface area contributed by atoms with Gasteiger partial charge in [-0.25, -0.2) is 0 Å². The van der Waals surface area contributed by atoms with Crippen LogP contribution in [0.3, 0.4) is 0 Å². The van der Waals surface area contributed by atoms with Gasteiger partial charge in [-0.15, -0.1) is 0 Å². The van der Waals surface area contributed by atoms with Gasteiger partial charge in [0, 0.05) is 18.4 Å². The van der Waals surface area contributed by atoms with Crippen LogP contribution in [-0.4, -0.2) is 11.0 Å². The van der Waals surface area contributed by atoms with Gasteiger partial charge in [0.15, 0.2) is 0 Å². The molecule has 2 aromatic rings. The zero-order valence-electron chi connectivity index (χ0n) is 10.7. The second-order valence-corrected chi connectivity index (χ2v) is 5.34. The topological polar surface area (TPSA) is 24.9 Å². The molecule has 4 rings (SSSR count). The van der Waals surface area contributed by atoms with Crippen LogP contribution >= 0.6 is 0 Å². The number of nitrogens with one attached hydrogen (secondary N) is 1. The predicted molar refractivity (Wildman–Crippen MR) is 77.6 cm³/mol. The molecule has 0 spiro atoms. The molecular weight excluding hydrogens is 232 g/mol. The summed E-state index contributed by atoms with van der Waals surface area (Å²) in [5.41, 5.74) is 5.22. The molecule has 2 aliphatic carbocycles. The van der Waals surface area contributed by atoms with Gasteiger partial charge in [-0.1, -0.05) is 36.4 Å². The molecule has 0 amide bonds.